The maximum Gasteiger partial charge on any atom is 0.128 e. The van der Waals surface area contributed by atoms with E-state index < -0.39 is 0 Å². The van der Waals surface area contributed by atoms with E-state index in [9.17, 15) is 5.11 Å². The molecule has 2 rings (SSSR count). The van der Waals surface area contributed by atoms with Crippen LogP contribution in [0.2, 0.25) is 0 Å². The maximum absolute atomic E-state index is 9.18. The van der Waals surface area contributed by atoms with Crippen LogP contribution in [-0.4, -0.2) is 29.3 Å². The fourth-order valence-corrected chi connectivity index (χ4v) is 1.68. The van der Waals surface area contributed by atoms with Crippen LogP contribution in [0.1, 0.15) is 19.0 Å². The Labute approximate surface area is 84.4 Å². The largest absolute Gasteiger partial charge is 0.389 e. The van der Waals surface area contributed by atoms with Crippen LogP contribution in [0.3, 0.4) is 0 Å². The van der Waals surface area contributed by atoms with Crippen LogP contribution < -0.4 is 4.90 Å². The SMILES string of the molecule is CCCc1cccc(N2CC(O)C2)n1. The minimum absolute atomic E-state index is 0.161. The number of hydrogen-bond acceptors (Lipinski definition) is 3. The molecule has 2 heterocycles. The second kappa shape index (κ2) is 3.96. The zero-order valence-corrected chi connectivity index (χ0v) is 8.48. The zero-order valence-electron chi connectivity index (χ0n) is 8.48. The Kier molecular flexibility index (Phi) is 2.68. The Hall–Kier alpha value is -1.09. The highest BCUT2D eigenvalue weighted by Gasteiger charge is 2.25. The van der Waals surface area contributed by atoms with Crippen LogP contribution in [0.5, 0.6) is 0 Å². The number of aliphatic hydroxyl groups is 1. The second-order valence-electron chi connectivity index (χ2n) is 3.80. The molecule has 0 aromatic carbocycles. The summed E-state index contributed by atoms with van der Waals surface area (Å²) in [6.45, 7) is 3.60. The number of rotatable bonds is 3. The van der Waals surface area contributed by atoms with Crippen molar-refractivity contribution < 1.29 is 5.11 Å². The molecular weight excluding hydrogens is 176 g/mol. The number of hydrogen-bond donors (Lipinski definition) is 1. The minimum Gasteiger partial charge on any atom is -0.389 e. The maximum atomic E-state index is 9.18. The highest BCUT2D eigenvalue weighted by Crippen LogP contribution is 2.18. The fraction of sp³-hybridized carbons (Fsp3) is 0.545. The predicted molar refractivity (Wildman–Crippen MR) is 56.5 cm³/mol. The third-order valence-corrected chi connectivity index (χ3v) is 2.48. The average Bonchev–Trinajstić information content (AvgIpc) is 2.14. The molecule has 3 heteroatoms. The molecule has 0 saturated carbocycles. The van der Waals surface area contributed by atoms with Gasteiger partial charge in [0, 0.05) is 18.8 Å². The van der Waals surface area contributed by atoms with Gasteiger partial charge in [-0.2, -0.15) is 0 Å². The van der Waals surface area contributed by atoms with Crippen LogP contribution >= 0.6 is 0 Å². The van der Waals surface area contributed by atoms with E-state index in [1.807, 2.05) is 12.1 Å². The highest BCUT2D eigenvalue weighted by molar-refractivity contribution is 5.42. The Morgan fingerprint density at radius 3 is 2.93 bits per heavy atom. The Bertz CT molecular complexity index is 308. The van der Waals surface area contributed by atoms with Crippen molar-refractivity contribution in [2.24, 2.45) is 0 Å². The average molecular weight is 192 g/mol. The van der Waals surface area contributed by atoms with Gasteiger partial charge < -0.3 is 10.0 Å². The first kappa shape index (κ1) is 9.46. The number of anilines is 1. The Morgan fingerprint density at radius 1 is 1.50 bits per heavy atom. The summed E-state index contributed by atoms with van der Waals surface area (Å²) in [5.41, 5.74) is 1.14. The standard InChI is InChI=1S/C11H16N2O/c1-2-4-9-5-3-6-11(12-9)13-7-10(14)8-13/h3,5-6,10,14H,2,4,7-8H2,1H3. The molecule has 1 fully saturated rings. The molecule has 1 N–H and O–H groups in total. The molecule has 1 aliphatic rings. The van der Waals surface area contributed by atoms with Crippen molar-refractivity contribution >= 4 is 5.82 Å². The van der Waals surface area contributed by atoms with E-state index in [2.05, 4.69) is 22.9 Å². The number of aromatic nitrogens is 1. The number of aliphatic hydroxyl groups excluding tert-OH is 1. The van der Waals surface area contributed by atoms with Gasteiger partial charge >= 0.3 is 0 Å². The summed E-state index contributed by atoms with van der Waals surface area (Å²) in [4.78, 5) is 6.63. The van der Waals surface area contributed by atoms with Crippen molar-refractivity contribution in [3.63, 3.8) is 0 Å². The minimum atomic E-state index is -0.161. The lowest BCUT2D eigenvalue weighted by Crippen LogP contribution is -2.51. The summed E-state index contributed by atoms with van der Waals surface area (Å²) in [6, 6.07) is 6.10. The summed E-state index contributed by atoms with van der Waals surface area (Å²) in [5, 5.41) is 9.18. The quantitative estimate of drug-likeness (QED) is 0.782. The highest BCUT2D eigenvalue weighted by atomic mass is 16.3. The van der Waals surface area contributed by atoms with Gasteiger partial charge in [-0.1, -0.05) is 19.4 Å². The van der Waals surface area contributed by atoms with Crippen molar-refractivity contribution in [1.82, 2.24) is 4.98 Å². The molecule has 0 atom stereocenters. The van der Waals surface area contributed by atoms with Crippen molar-refractivity contribution in [3.05, 3.63) is 23.9 Å². The van der Waals surface area contributed by atoms with Crippen LogP contribution in [-0.2, 0) is 6.42 Å². The molecule has 0 aliphatic carbocycles. The first-order valence-electron chi connectivity index (χ1n) is 5.18. The Balaban J connectivity index is 2.06. The van der Waals surface area contributed by atoms with Crippen LogP contribution in [0.25, 0.3) is 0 Å². The van der Waals surface area contributed by atoms with E-state index in [1.165, 1.54) is 0 Å². The normalized spacial score (nSPS) is 16.9. The van der Waals surface area contributed by atoms with Gasteiger partial charge in [-0.15, -0.1) is 0 Å². The van der Waals surface area contributed by atoms with Gasteiger partial charge in [0.05, 0.1) is 6.10 Å². The third kappa shape index (κ3) is 1.87. The molecule has 14 heavy (non-hydrogen) atoms. The molecule has 0 amide bonds. The van der Waals surface area contributed by atoms with Crippen molar-refractivity contribution in [2.75, 3.05) is 18.0 Å². The molecule has 0 unspecified atom stereocenters. The summed E-state index contributed by atoms with van der Waals surface area (Å²) in [7, 11) is 0. The lowest BCUT2D eigenvalue weighted by atomic mass is 10.1. The molecule has 1 aromatic rings. The number of β-amino-alcohol motifs (C(OH)–C–C–N with tert-alkyl or cyclic N) is 1. The van der Waals surface area contributed by atoms with Crippen LogP contribution in [0.15, 0.2) is 18.2 Å². The summed E-state index contributed by atoms with van der Waals surface area (Å²) in [5.74, 6) is 1.00. The van der Waals surface area contributed by atoms with E-state index in [4.69, 9.17) is 0 Å². The van der Waals surface area contributed by atoms with E-state index in [0.717, 1.165) is 37.4 Å². The van der Waals surface area contributed by atoms with Crippen molar-refractivity contribution in [1.29, 1.82) is 0 Å². The number of aryl methyl sites for hydroxylation is 1. The summed E-state index contributed by atoms with van der Waals surface area (Å²) >= 11 is 0. The van der Waals surface area contributed by atoms with Gasteiger partial charge in [0.25, 0.3) is 0 Å². The molecule has 0 radical (unpaired) electrons. The van der Waals surface area contributed by atoms with E-state index >= 15 is 0 Å². The van der Waals surface area contributed by atoms with Crippen LogP contribution in [0.4, 0.5) is 5.82 Å². The molecule has 1 aromatic heterocycles. The third-order valence-electron chi connectivity index (χ3n) is 2.48. The van der Waals surface area contributed by atoms with Crippen molar-refractivity contribution in [3.8, 4) is 0 Å². The smallest absolute Gasteiger partial charge is 0.128 e. The first-order valence-corrected chi connectivity index (χ1v) is 5.18. The molecular formula is C11H16N2O. The van der Waals surface area contributed by atoms with Crippen LogP contribution in [0, 0.1) is 0 Å². The van der Waals surface area contributed by atoms with Gasteiger partial charge in [0.1, 0.15) is 5.82 Å². The molecule has 1 aliphatic heterocycles. The summed E-state index contributed by atoms with van der Waals surface area (Å²) < 4.78 is 0. The second-order valence-corrected chi connectivity index (χ2v) is 3.80. The fourth-order valence-electron chi connectivity index (χ4n) is 1.68. The van der Waals surface area contributed by atoms with Crippen molar-refractivity contribution in [2.45, 2.75) is 25.9 Å². The van der Waals surface area contributed by atoms with Gasteiger partial charge in [-0.3, -0.25) is 0 Å². The predicted octanol–water partition coefficient (Wildman–Crippen LogP) is 1.22. The lowest BCUT2D eigenvalue weighted by molar-refractivity contribution is 0.141. The molecule has 76 valence electrons. The van der Waals surface area contributed by atoms with Gasteiger partial charge in [-0.25, -0.2) is 4.98 Å². The number of pyridine rings is 1. The van der Waals surface area contributed by atoms with Gasteiger partial charge in [-0.05, 0) is 18.6 Å². The first-order chi connectivity index (χ1) is 6.79. The molecule has 1 saturated heterocycles. The topological polar surface area (TPSA) is 36.4 Å². The lowest BCUT2D eigenvalue weighted by Gasteiger charge is -2.36. The zero-order chi connectivity index (χ0) is 9.97. The monoisotopic (exact) mass is 192 g/mol. The molecule has 3 nitrogen and oxygen atoms in total. The van der Waals surface area contributed by atoms with Gasteiger partial charge in [0.15, 0.2) is 0 Å². The van der Waals surface area contributed by atoms with Gasteiger partial charge in [0.2, 0.25) is 0 Å². The number of nitrogens with zero attached hydrogens (tertiary/aromatic N) is 2. The molecule has 0 bridgehead atoms. The van der Waals surface area contributed by atoms with E-state index in [0.29, 0.717) is 0 Å². The summed E-state index contributed by atoms with van der Waals surface area (Å²) in [6.07, 6.45) is 2.00. The van der Waals surface area contributed by atoms with E-state index in [1.54, 1.807) is 0 Å². The van der Waals surface area contributed by atoms with E-state index in [-0.39, 0.29) is 6.10 Å². The Morgan fingerprint density at radius 2 is 2.29 bits per heavy atom. The molecule has 0 spiro atoms.